The Morgan fingerprint density at radius 3 is 2.63 bits per heavy atom. The molecule has 2 heterocycles. The zero-order valence-electron chi connectivity index (χ0n) is 14.6. The molecule has 0 unspecified atom stereocenters. The molecule has 1 aliphatic rings. The van der Waals surface area contributed by atoms with E-state index >= 15 is 0 Å². The summed E-state index contributed by atoms with van der Waals surface area (Å²) < 4.78 is 0.481. The predicted octanol–water partition coefficient (Wildman–Crippen LogP) is 1.42. The van der Waals surface area contributed by atoms with Gasteiger partial charge in [-0.15, -0.1) is 0 Å². The van der Waals surface area contributed by atoms with Gasteiger partial charge < -0.3 is 26.4 Å². The summed E-state index contributed by atoms with van der Waals surface area (Å²) >= 11 is 3.21. The molecule has 6 N–H and O–H groups in total. The Hall–Kier alpha value is -2.07. The van der Waals surface area contributed by atoms with Gasteiger partial charge in [-0.05, 0) is 65.4 Å². The summed E-state index contributed by atoms with van der Waals surface area (Å²) in [6, 6.07) is 4.93. The fourth-order valence-electron chi connectivity index (χ4n) is 3.26. The Morgan fingerprint density at radius 1 is 1.30 bits per heavy atom. The van der Waals surface area contributed by atoms with Crippen molar-refractivity contribution in [2.45, 2.75) is 43.5 Å². The van der Waals surface area contributed by atoms with E-state index in [2.05, 4.69) is 31.2 Å². The number of nitrogens with two attached hydrogens (primary N) is 1. The van der Waals surface area contributed by atoms with Crippen LogP contribution in [-0.2, 0) is 0 Å². The summed E-state index contributed by atoms with van der Waals surface area (Å²) in [7, 11) is 0. The first-order valence-corrected chi connectivity index (χ1v) is 9.25. The predicted molar refractivity (Wildman–Crippen MR) is 103 cm³/mol. The van der Waals surface area contributed by atoms with E-state index in [4.69, 9.17) is 5.73 Å². The van der Waals surface area contributed by atoms with Gasteiger partial charge in [-0.1, -0.05) is 0 Å². The van der Waals surface area contributed by atoms with E-state index in [1.807, 2.05) is 0 Å². The largest absolute Gasteiger partial charge is 0.397 e. The second-order valence-electron chi connectivity index (χ2n) is 6.91. The number of pyridine rings is 2. The number of amides is 1. The molecule has 0 bridgehead atoms. The lowest BCUT2D eigenvalue weighted by Gasteiger charge is -2.42. The second kappa shape index (κ2) is 7.51. The smallest absolute Gasteiger partial charge is 0.276 e. The number of aliphatic hydroxyl groups excluding tert-OH is 2. The zero-order valence-corrected chi connectivity index (χ0v) is 16.2. The maximum Gasteiger partial charge on any atom is 0.276 e. The molecule has 0 radical (unpaired) electrons. The minimum atomic E-state index is -1.57. The van der Waals surface area contributed by atoms with Gasteiger partial charge >= 0.3 is 0 Å². The summed E-state index contributed by atoms with van der Waals surface area (Å²) in [6.07, 6.45) is 1.37. The highest BCUT2D eigenvalue weighted by atomic mass is 79.9. The number of aromatic nitrogens is 2. The summed E-state index contributed by atoms with van der Waals surface area (Å²) in [5.74, 6) is -0.756. The Kier molecular flexibility index (Phi) is 5.48. The molecule has 0 saturated heterocycles. The van der Waals surface area contributed by atoms with Crippen LogP contribution < -0.4 is 11.1 Å². The molecule has 0 spiro atoms. The van der Waals surface area contributed by atoms with Crippen molar-refractivity contribution in [3.8, 4) is 0 Å². The Balaban J connectivity index is 1.87. The van der Waals surface area contributed by atoms with E-state index < -0.39 is 23.7 Å². The molecule has 1 aliphatic carbocycles. The maximum absolute atomic E-state index is 12.6. The lowest BCUT2D eigenvalue weighted by atomic mass is 9.73. The quantitative estimate of drug-likeness (QED) is 0.458. The van der Waals surface area contributed by atoms with E-state index in [9.17, 15) is 20.1 Å². The average molecular weight is 437 g/mol. The number of hydrogen-bond donors (Lipinski definition) is 5. The maximum atomic E-state index is 12.6. The highest BCUT2D eigenvalue weighted by Gasteiger charge is 2.45. The van der Waals surface area contributed by atoms with E-state index in [0.29, 0.717) is 15.9 Å². The van der Waals surface area contributed by atoms with Gasteiger partial charge in [0.15, 0.2) is 5.69 Å². The number of carbonyl (C=O) groups excluding carboxylic acids is 1. The van der Waals surface area contributed by atoms with Gasteiger partial charge in [0.2, 0.25) is 0 Å². The van der Waals surface area contributed by atoms with Crippen molar-refractivity contribution >= 4 is 33.2 Å². The van der Waals surface area contributed by atoms with Crippen molar-refractivity contribution in [1.29, 1.82) is 0 Å². The lowest BCUT2D eigenvalue weighted by Crippen LogP contribution is -2.54. The van der Waals surface area contributed by atoms with Crippen LogP contribution in [0.4, 0.5) is 11.4 Å². The minimum Gasteiger partial charge on any atom is -0.397 e. The molecule has 1 fully saturated rings. The Labute approximate surface area is 164 Å². The molecule has 4 atom stereocenters. The molecule has 8 nitrogen and oxygen atoms in total. The molecule has 9 heteroatoms. The second-order valence-corrected chi connectivity index (χ2v) is 7.73. The van der Waals surface area contributed by atoms with E-state index in [1.54, 1.807) is 24.4 Å². The average Bonchev–Trinajstić information content (AvgIpc) is 2.62. The first kappa shape index (κ1) is 19.7. The van der Waals surface area contributed by atoms with Gasteiger partial charge in [-0.2, -0.15) is 0 Å². The van der Waals surface area contributed by atoms with E-state index in [-0.39, 0.29) is 30.1 Å². The molecule has 3 rings (SSSR count). The number of anilines is 2. The van der Waals surface area contributed by atoms with Crippen LogP contribution in [0.25, 0.3) is 0 Å². The van der Waals surface area contributed by atoms with Crippen LogP contribution in [0.1, 0.15) is 41.7 Å². The highest BCUT2D eigenvalue weighted by Crippen LogP contribution is 2.40. The number of halogens is 1. The summed E-state index contributed by atoms with van der Waals surface area (Å²) in [4.78, 5) is 20.8. The Morgan fingerprint density at radius 2 is 1.96 bits per heavy atom. The van der Waals surface area contributed by atoms with Gasteiger partial charge in [0.1, 0.15) is 10.2 Å². The zero-order chi connectivity index (χ0) is 19.8. The minimum absolute atomic E-state index is 0.0748. The molecule has 1 saturated carbocycles. The van der Waals surface area contributed by atoms with Crippen molar-refractivity contribution in [3.05, 3.63) is 46.5 Å². The van der Waals surface area contributed by atoms with Crippen LogP contribution in [0.2, 0.25) is 0 Å². The van der Waals surface area contributed by atoms with Gasteiger partial charge in [0, 0.05) is 6.20 Å². The Bertz CT molecular complexity index is 847. The van der Waals surface area contributed by atoms with Crippen LogP contribution in [-0.4, -0.2) is 49.0 Å². The lowest BCUT2D eigenvalue weighted by molar-refractivity contribution is -0.160. The molecule has 2 aromatic rings. The third kappa shape index (κ3) is 3.96. The van der Waals surface area contributed by atoms with Gasteiger partial charge in [-0.25, -0.2) is 4.98 Å². The molecule has 144 valence electrons. The SMILES string of the molecule is C[C@]1(O)[C@H](O)C[C@H](c2ccncc2NC(=O)c2nc(Br)ccc2N)C[C@@H]1O. The highest BCUT2D eigenvalue weighted by molar-refractivity contribution is 9.10. The van der Waals surface area contributed by atoms with Gasteiger partial charge in [-0.3, -0.25) is 9.78 Å². The topological polar surface area (TPSA) is 142 Å². The number of nitrogen functional groups attached to an aromatic ring is 1. The third-order valence-corrected chi connectivity index (χ3v) is 5.46. The normalized spacial score (nSPS) is 28.0. The summed E-state index contributed by atoms with van der Waals surface area (Å²) in [5.41, 5.74) is 5.73. The fourth-order valence-corrected chi connectivity index (χ4v) is 3.57. The van der Waals surface area contributed by atoms with Crippen LogP contribution in [0.3, 0.4) is 0 Å². The fraction of sp³-hybridized carbons (Fsp3) is 0.389. The van der Waals surface area contributed by atoms with Gasteiger partial charge in [0.05, 0.1) is 29.8 Å². The summed E-state index contributed by atoms with van der Waals surface area (Å²) in [6.45, 7) is 1.41. The molecule has 0 aromatic carbocycles. The van der Waals surface area contributed by atoms with E-state index in [0.717, 1.165) is 0 Å². The number of carbonyl (C=O) groups is 1. The van der Waals surface area contributed by atoms with Crippen LogP contribution >= 0.6 is 15.9 Å². The first-order chi connectivity index (χ1) is 12.7. The molecule has 2 aromatic heterocycles. The number of aliphatic hydroxyl groups is 3. The van der Waals surface area contributed by atoms with Crippen molar-refractivity contribution in [3.63, 3.8) is 0 Å². The molecular formula is C18H21BrN4O4. The van der Waals surface area contributed by atoms with Crippen molar-refractivity contribution in [2.75, 3.05) is 11.1 Å². The first-order valence-electron chi connectivity index (χ1n) is 8.46. The molecule has 1 amide bonds. The number of nitrogens with zero attached hydrogens (tertiary/aromatic N) is 2. The van der Waals surface area contributed by atoms with Crippen molar-refractivity contribution < 1.29 is 20.1 Å². The number of hydrogen-bond acceptors (Lipinski definition) is 7. The molecule has 27 heavy (non-hydrogen) atoms. The van der Waals surface area contributed by atoms with Crippen LogP contribution in [0, 0.1) is 0 Å². The number of rotatable bonds is 3. The number of nitrogens with one attached hydrogen (secondary N) is 1. The third-order valence-electron chi connectivity index (χ3n) is 5.02. The standard InChI is InChI=1S/C18H21BrN4O4/c1-18(27)13(24)6-9(7-14(18)25)10-4-5-21-8-12(10)22-17(26)16-11(20)2-3-15(19)23-16/h2-5,8-9,13-14,24-25,27H,6-7,20H2,1H3,(H,22,26)/t9-,13+,14-,18-. The van der Waals surface area contributed by atoms with Gasteiger partial charge in [0.25, 0.3) is 5.91 Å². The van der Waals surface area contributed by atoms with E-state index in [1.165, 1.54) is 13.1 Å². The molecule has 0 aliphatic heterocycles. The van der Waals surface area contributed by atoms with Crippen molar-refractivity contribution in [2.24, 2.45) is 0 Å². The molecular weight excluding hydrogens is 416 g/mol. The van der Waals surface area contributed by atoms with Crippen LogP contribution in [0.15, 0.2) is 35.2 Å². The van der Waals surface area contributed by atoms with Crippen molar-refractivity contribution in [1.82, 2.24) is 9.97 Å². The summed E-state index contributed by atoms with van der Waals surface area (Å²) in [5, 5.41) is 33.4. The monoisotopic (exact) mass is 436 g/mol. The van der Waals surface area contributed by atoms with Crippen LogP contribution in [0.5, 0.6) is 0 Å².